The van der Waals surface area contributed by atoms with Crippen LogP contribution in [0.15, 0.2) is 24.3 Å². The van der Waals surface area contributed by atoms with Gasteiger partial charge in [-0.2, -0.15) is 11.8 Å². The molecule has 0 aromatic heterocycles. The molecule has 0 aliphatic carbocycles. The highest BCUT2D eigenvalue weighted by Gasteiger charge is 2.33. The largest absolute Gasteiger partial charge is 0.466 e. The number of thioether (sulfide) groups is 1. The summed E-state index contributed by atoms with van der Waals surface area (Å²) >= 11 is 1.54. The number of esters is 1. The highest BCUT2D eigenvalue weighted by Crippen LogP contribution is 2.22. The summed E-state index contributed by atoms with van der Waals surface area (Å²) in [6, 6.07) is 5.46. The number of hydrogen-bond donors (Lipinski definition) is 2. The highest BCUT2D eigenvalue weighted by atomic mass is 32.2. The minimum absolute atomic E-state index is 0.0222. The van der Waals surface area contributed by atoms with E-state index in [1.807, 2.05) is 25.3 Å². The topological polar surface area (TPSA) is 114 Å². The quantitative estimate of drug-likeness (QED) is 0.416. The molecule has 1 rings (SSSR count). The molecule has 35 heavy (non-hydrogen) atoms. The van der Waals surface area contributed by atoms with Crippen molar-refractivity contribution in [3.05, 3.63) is 35.4 Å². The van der Waals surface area contributed by atoms with Gasteiger partial charge < -0.3 is 25.0 Å². The van der Waals surface area contributed by atoms with Gasteiger partial charge in [0.15, 0.2) is 0 Å². The first-order chi connectivity index (χ1) is 16.4. The van der Waals surface area contributed by atoms with Gasteiger partial charge in [0.25, 0.3) is 0 Å². The summed E-state index contributed by atoms with van der Waals surface area (Å²) in [6.45, 7) is 9.20. The van der Waals surface area contributed by atoms with E-state index in [1.165, 1.54) is 11.9 Å². The summed E-state index contributed by atoms with van der Waals surface area (Å²) in [5.74, 6) is -0.644. The van der Waals surface area contributed by atoms with Crippen molar-refractivity contribution in [2.45, 2.75) is 65.1 Å². The monoisotopic (exact) mass is 509 g/mol. The number of nitrogens with zero attached hydrogens (tertiary/aromatic N) is 1. The standard InChI is InChI=1S/C25H39N3O6S/c1-8-33-20(29)13-15-26-22(30)21(18-11-9-17(2)10-12-18)28(6)23(31)19(14-16-35-7)27-24(32)34-25(3,4)5/h9-12,19,21H,8,13-16H2,1-7H3,(H,26,30)(H,27,32). The van der Waals surface area contributed by atoms with Crippen LogP contribution in [0.5, 0.6) is 0 Å². The number of amides is 3. The predicted molar refractivity (Wildman–Crippen MR) is 137 cm³/mol. The minimum atomic E-state index is -0.956. The Bertz CT molecular complexity index is 854. The van der Waals surface area contributed by atoms with Crippen LogP contribution in [0.4, 0.5) is 4.79 Å². The molecule has 0 saturated carbocycles. The lowest BCUT2D eigenvalue weighted by Crippen LogP contribution is -2.52. The van der Waals surface area contributed by atoms with Crippen LogP contribution in [0.25, 0.3) is 0 Å². The summed E-state index contributed by atoms with van der Waals surface area (Å²) in [5.41, 5.74) is 0.904. The third-order valence-electron chi connectivity index (χ3n) is 4.91. The molecule has 2 N–H and O–H groups in total. The number of likely N-dealkylation sites (N-methyl/N-ethyl adjacent to an activating group) is 1. The molecular weight excluding hydrogens is 470 g/mol. The number of benzene rings is 1. The third kappa shape index (κ3) is 11.0. The van der Waals surface area contributed by atoms with Crippen molar-refractivity contribution in [2.24, 2.45) is 0 Å². The lowest BCUT2D eigenvalue weighted by atomic mass is 10.0. The Morgan fingerprint density at radius 1 is 1.11 bits per heavy atom. The highest BCUT2D eigenvalue weighted by molar-refractivity contribution is 7.98. The second-order valence-corrected chi connectivity index (χ2v) is 10.1. The van der Waals surface area contributed by atoms with Crippen LogP contribution in [0.2, 0.25) is 0 Å². The maximum Gasteiger partial charge on any atom is 0.408 e. The van der Waals surface area contributed by atoms with Crippen LogP contribution in [0, 0.1) is 6.92 Å². The van der Waals surface area contributed by atoms with E-state index in [9.17, 15) is 19.2 Å². The molecule has 0 aliphatic heterocycles. The number of rotatable bonds is 12. The number of alkyl carbamates (subject to hydrolysis) is 1. The van der Waals surface area contributed by atoms with E-state index >= 15 is 0 Å². The second kappa shape index (κ2) is 14.6. The van der Waals surface area contributed by atoms with Crippen molar-refractivity contribution in [2.75, 3.05) is 32.2 Å². The Morgan fingerprint density at radius 2 is 1.74 bits per heavy atom. The van der Waals surface area contributed by atoms with Crippen molar-refractivity contribution in [1.82, 2.24) is 15.5 Å². The molecule has 1 aromatic carbocycles. The fraction of sp³-hybridized carbons (Fsp3) is 0.600. The summed E-state index contributed by atoms with van der Waals surface area (Å²) in [4.78, 5) is 52.0. The van der Waals surface area contributed by atoms with Gasteiger partial charge in [-0.1, -0.05) is 29.8 Å². The number of carbonyl (C=O) groups excluding carboxylic acids is 4. The Hall–Kier alpha value is -2.75. The summed E-state index contributed by atoms with van der Waals surface area (Å²) in [5, 5.41) is 5.38. The summed E-state index contributed by atoms with van der Waals surface area (Å²) in [7, 11) is 1.53. The van der Waals surface area contributed by atoms with Crippen LogP contribution in [0.3, 0.4) is 0 Å². The summed E-state index contributed by atoms with van der Waals surface area (Å²) in [6.07, 6.45) is 1.60. The molecule has 2 unspecified atom stereocenters. The molecule has 0 bridgehead atoms. The lowest BCUT2D eigenvalue weighted by molar-refractivity contribution is -0.143. The number of aryl methyl sites for hydroxylation is 1. The normalized spacial score (nSPS) is 12.8. The lowest BCUT2D eigenvalue weighted by Gasteiger charge is -2.31. The maximum absolute atomic E-state index is 13.5. The average molecular weight is 510 g/mol. The molecule has 0 heterocycles. The van der Waals surface area contributed by atoms with Crippen LogP contribution in [-0.2, 0) is 23.9 Å². The number of hydrogen-bond acceptors (Lipinski definition) is 7. The first kappa shape index (κ1) is 30.3. The van der Waals surface area contributed by atoms with E-state index in [1.54, 1.807) is 51.6 Å². The SMILES string of the molecule is CCOC(=O)CCNC(=O)C(c1ccc(C)cc1)N(C)C(=O)C(CCSC)NC(=O)OC(C)(C)C. The van der Waals surface area contributed by atoms with Gasteiger partial charge in [-0.3, -0.25) is 14.4 Å². The van der Waals surface area contributed by atoms with Crippen molar-refractivity contribution >= 4 is 35.6 Å². The Kier molecular flexibility index (Phi) is 12.6. The summed E-state index contributed by atoms with van der Waals surface area (Å²) < 4.78 is 10.2. The van der Waals surface area contributed by atoms with Crippen LogP contribution in [-0.4, -0.2) is 72.6 Å². The molecule has 10 heteroatoms. The van der Waals surface area contributed by atoms with Gasteiger partial charge in [-0.25, -0.2) is 4.79 Å². The fourth-order valence-corrected chi connectivity index (χ4v) is 3.70. The number of ether oxygens (including phenoxy) is 2. The smallest absolute Gasteiger partial charge is 0.408 e. The van der Waals surface area contributed by atoms with Gasteiger partial charge in [-0.15, -0.1) is 0 Å². The number of nitrogens with one attached hydrogen (secondary N) is 2. The van der Waals surface area contributed by atoms with E-state index in [4.69, 9.17) is 9.47 Å². The van der Waals surface area contributed by atoms with Crippen molar-refractivity contribution < 1.29 is 28.7 Å². The molecule has 0 fully saturated rings. The Morgan fingerprint density at radius 3 is 2.29 bits per heavy atom. The number of carbonyl (C=O) groups is 4. The Balaban J connectivity index is 3.12. The van der Waals surface area contributed by atoms with E-state index in [-0.39, 0.29) is 19.6 Å². The second-order valence-electron chi connectivity index (χ2n) is 9.09. The molecule has 0 spiro atoms. The van der Waals surface area contributed by atoms with Crippen LogP contribution < -0.4 is 10.6 Å². The van der Waals surface area contributed by atoms with E-state index < -0.39 is 41.6 Å². The van der Waals surface area contributed by atoms with Crippen LogP contribution >= 0.6 is 11.8 Å². The Labute approximate surface area is 212 Å². The molecule has 2 atom stereocenters. The van der Waals surface area contributed by atoms with Gasteiger partial charge in [0.1, 0.15) is 17.7 Å². The molecule has 9 nitrogen and oxygen atoms in total. The molecular formula is C25H39N3O6S. The zero-order chi connectivity index (χ0) is 26.6. The van der Waals surface area contributed by atoms with Gasteiger partial charge >= 0.3 is 12.1 Å². The van der Waals surface area contributed by atoms with E-state index in [0.717, 1.165) is 5.56 Å². The first-order valence-electron chi connectivity index (χ1n) is 11.6. The van der Waals surface area contributed by atoms with Crippen LogP contribution in [0.1, 0.15) is 57.7 Å². The van der Waals surface area contributed by atoms with Gasteiger partial charge in [0.2, 0.25) is 11.8 Å². The third-order valence-corrected chi connectivity index (χ3v) is 5.55. The maximum atomic E-state index is 13.5. The molecule has 196 valence electrons. The van der Waals surface area contributed by atoms with Crippen molar-refractivity contribution in [1.29, 1.82) is 0 Å². The zero-order valence-electron chi connectivity index (χ0n) is 21.8. The van der Waals surface area contributed by atoms with Crippen molar-refractivity contribution in [3.8, 4) is 0 Å². The zero-order valence-corrected chi connectivity index (χ0v) is 22.6. The minimum Gasteiger partial charge on any atom is -0.466 e. The van der Waals surface area contributed by atoms with Gasteiger partial charge in [-0.05, 0) is 58.6 Å². The molecule has 0 radical (unpaired) electrons. The fourth-order valence-electron chi connectivity index (χ4n) is 3.23. The predicted octanol–water partition coefficient (Wildman–Crippen LogP) is 3.21. The first-order valence-corrected chi connectivity index (χ1v) is 13.0. The van der Waals surface area contributed by atoms with Gasteiger partial charge in [0.05, 0.1) is 13.0 Å². The molecule has 1 aromatic rings. The van der Waals surface area contributed by atoms with E-state index in [2.05, 4.69) is 10.6 Å². The molecule has 3 amide bonds. The molecule has 0 saturated heterocycles. The average Bonchev–Trinajstić information content (AvgIpc) is 2.76. The van der Waals surface area contributed by atoms with Gasteiger partial charge in [0, 0.05) is 13.6 Å². The molecule has 0 aliphatic rings. The van der Waals surface area contributed by atoms with Crippen molar-refractivity contribution in [3.63, 3.8) is 0 Å². The van der Waals surface area contributed by atoms with E-state index in [0.29, 0.717) is 17.7 Å².